The summed E-state index contributed by atoms with van der Waals surface area (Å²) in [6, 6.07) is 13.8. The van der Waals surface area contributed by atoms with Crippen molar-refractivity contribution in [2.75, 3.05) is 18.4 Å². The Bertz CT molecular complexity index is 1180. The minimum atomic E-state index is -3.65. The van der Waals surface area contributed by atoms with Crippen molar-refractivity contribution >= 4 is 21.6 Å². The quantitative estimate of drug-likeness (QED) is 0.616. The fraction of sp³-hybridized carbons (Fsp3) is 0.333. The van der Waals surface area contributed by atoms with Gasteiger partial charge in [0.15, 0.2) is 0 Å². The smallest absolute Gasteiger partial charge is 0.255 e. The number of rotatable bonds is 6. The molecule has 1 aliphatic heterocycles. The topological polar surface area (TPSA) is 84.3 Å². The molecular weight excluding hydrogens is 424 g/mol. The molecule has 8 heteroatoms. The summed E-state index contributed by atoms with van der Waals surface area (Å²) in [6.07, 6.45) is 6.36. The Morgan fingerprint density at radius 1 is 1.09 bits per heavy atom. The third kappa shape index (κ3) is 5.08. The second-order valence-electron chi connectivity index (χ2n) is 8.69. The predicted molar refractivity (Wildman–Crippen MR) is 124 cm³/mol. The van der Waals surface area contributed by atoms with Gasteiger partial charge in [-0.25, -0.2) is 13.4 Å². The van der Waals surface area contributed by atoms with Crippen LogP contribution in [0.25, 0.3) is 0 Å². The number of piperidine rings is 1. The molecule has 3 aromatic rings. The fourth-order valence-electron chi connectivity index (χ4n) is 4.29. The molecule has 32 heavy (non-hydrogen) atoms. The predicted octanol–water partition coefficient (Wildman–Crippen LogP) is 3.85. The highest BCUT2D eigenvalue weighted by atomic mass is 32.2. The van der Waals surface area contributed by atoms with Crippen LogP contribution in [0.3, 0.4) is 0 Å². The number of nitrogens with one attached hydrogen (secondary N) is 1. The Labute approximate surface area is 189 Å². The molecule has 0 radical (unpaired) electrons. The highest BCUT2D eigenvalue weighted by molar-refractivity contribution is 7.89. The molecule has 0 saturated carbocycles. The molecule has 1 aromatic heterocycles. The number of aromatic nitrogens is 2. The minimum absolute atomic E-state index is 0.153. The highest BCUT2D eigenvalue weighted by Crippen LogP contribution is 2.27. The maximum atomic E-state index is 13.2. The first kappa shape index (κ1) is 22.2. The number of amides is 1. The normalized spacial score (nSPS) is 19.6. The van der Waals surface area contributed by atoms with Gasteiger partial charge in [0.05, 0.1) is 11.2 Å². The van der Waals surface area contributed by atoms with E-state index in [0.717, 1.165) is 12.0 Å². The Morgan fingerprint density at radius 2 is 1.84 bits per heavy atom. The van der Waals surface area contributed by atoms with Gasteiger partial charge in [-0.05, 0) is 54.2 Å². The van der Waals surface area contributed by atoms with E-state index in [-0.39, 0.29) is 10.8 Å². The Hall–Kier alpha value is -2.97. The molecule has 0 bridgehead atoms. The van der Waals surface area contributed by atoms with Crippen molar-refractivity contribution in [1.82, 2.24) is 13.9 Å². The Balaban J connectivity index is 1.50. The largest absolute Gasteiger partial charge is 0.333 e. The van der Waals surface area contributed by atoms with Crippen LogP contribution in [0.5, 0.6) is 0 Å². The summed E-state index contributed by atoms with van der Waals surface area (Å²) in [5.41, 5.74) is 1.98. The zero-order valence-electron chi connectivity index (χ0n) is 18.3. The van der Waals surface area contributed by atoms with Gasteiger partial charge in [0, 0.05) is 43.3 Å². The fourth-order valence-corrected chi connectivity index (χ4v) is 6.02. The van der Waals surface area contributed by atoms with Gasteiger partial charge in [0.1, 0.15) is 0 Å². The van der Waals surface area contributed by atoms with Crippen molar-refractivity contribution in [1.29, 1.82) is 0 Å². The van der Waals surface area contributed by atoms with Gasteiger partial charge in [0.25, 0.3) is 5.91 Å². The summed E-state index contributed by atoms with van der Waals surface area (Å²) in [5, 5.41) is 2.88. The van der Waals surface area contributed by atoms with E-state index >= 15 is 0 Å². The van der Waals surface area contributed by atoms with Crippen molar-refractivity contribution in [3.05, 3.63) is 78.4 Å². The summed E-state index contributed by atoms with van der Waals surface area (Å²) in [4.78, 5) is 17.1. The second-order valence-corrected chi connectivity index (χ2v) is 10.6. The first-order chi connectivity index (χ1) is 15.3. The molecule has 2 aromatic carbocycles. The van der Waals surface area contributed by atoms with Gasteiger partial charge in [-0.15, -0.1) is 0 Å². The molecule has 1 N–H and O–H groups in total. The third-order valence-electron chi connectivity index (χ3n) is 5.68. The SMILES string of the molecule is CC1CC(C)CN(S(=O)(=O)c2cccc(C(=O)Nc3cccc(Cn4ccnc4)c3)c2)C1. The van der Waals surface area contributed by atoms with Crippen LogP contribution in [0, 0.1) is 11.8 Å². The van der Waals surface area contributed by atoms with E-state index in [1.54, 1.807) is 35.0 Å². The number of anilines is 1. The summed E-state index contributed by atoms with van der Waals surface area (Å²) in [5.74, 6) is 0.284. The van der Waals surface area contributed by atoms with Crippen LogP contribution >= 0.6 is 0 Å². The van der Waals surface area contributed by atoms with Crippen LogP contribution in [0.4, 0.5) is 5.69 Å². The average Bonchev–Trinajstić information content (AvgIpc) is 3.26. The standard InChI is InChI=1S/C24H28N4O3S/c1-18-11-19(2)15-28(14-18)32(30,31)23-8-4-6-21(13-23)24(29)26-22-7-3-5-20(12-22)16-27-10-9-25-17-27/h3-10,12-13,17-19H,11,14-16H2,1-2H3,(H,26,29). The van der Waals surface area contributed by atoms with Gasteiger partial charge in [0.2, 0.25) is 10.0 Å². The third-order valence-corrected chi connectivity index (χ3v) is 7.51. The number of imidazole rings is 1. The Morgan fingerprint density at radius 3 is 2.56 bits per heavy atom. The van der Waals surface area contributed by atoms with Gasteiger partial charge >= 0.3 is 0 Å². The van der Waals surface area contributed by atoms with Crippen LogP contribution in [-0.2, 0) is 16.6 Å². The molecule has 4 rings (SSSR count). The van der Waals surface area contributed by atoms with E-state index in [1.165, 1.54) is 6.07 Å². The summed E-state index contributed by atoms with van der Waals surface area (Å²) in [7, 11) is -3.65. The number of benzene rings is 2. The van der Waals surface area contributed by atoms with E-state index in [4.69, 9.17) is 0 Å². The van der Waals surface area contributed by atoms with Gasteiger partial charge in [-0.3, -0.25) is 4.79 Å². The zero-order valence-corrected chi connectivity index (χ0v) is 19.1. The first-order valence-electron chi connectivity index (χ1n) is 10.8. The number of nitrogens with zero attached hydrogens (tertiary/aromatic N) is 3. The van der Waals surface area contributed by atoms with Gasteiger partial charge < -0.3 is 9.88 Å². The molecule has 0 spiro atoms. The molecule has 2 atom stereocenters. The van der Waals surface area contributed by atoms with Crippen molar-refractivity contribution in [2.24, 2.45) is 11.8 Å². The maximum Gasteiger partial charge on any atom is 0.255 e. The number of sulfonamides is 1. The van der Waals surface area contributed by atoms with Crippen LogP contribution < -0.4 is 5.32 Å². The van der Waals surface area contributed by atoms with E-state index in [0.29, 0.717) is 42.7 Å². The molecule has 7 nitrogen and oxygen atoms in total. The molecule has 2 heterocycles. The monoisotopic (exact) mass is 452 g/mol. The number of hydrogen-bond donors (Lipinski definition) is 1. The first-order valence-corrected chi connectivity index (χ1v) is 12.2. The maximum absolute atomic E-state index is 13.2. The van der Waals surface area contributed by atoms with E-state index < -0.39 is 10.0 Å². The van der Waals surface area contributed by atoms with Gasteiger partial charge in [-0.2, -0.15) is 4.31 Å². The molecule has 1 aliphatic rings. The lowest BCUT2D eigenvalue weighted by Crippen LogP contribution is -2.42. The van der Waals surface area contributed by atoms with Crippen LogP contribution in [0.2, 0.25) is 0 Å². The summed E-state index contributed by atoms with van der Waals surface area (Å²) in [6.45, 7) is 5.80. The molecule has 1 amide bonds. The van der Waals surface area contributed by atoms with Crippen molar-refractivity contribution in [2.45, 2.75) is 31.7 Å². The number of hydrogen-bond acceptors (Lipinski definition) is 4. The summed E-state index contributed by atoms with van der Waals surface area (Å²) < 4.78 is 29.9. The summed E-state index contributed by atoms with van der Waals surface area (Å²) >= 11 is 0. The lowest BCUT2D eigenvalue weighted by molar-refractivity contribution is 0.102. The van der Waals surface area contributed by atoms with Crippen LogP contribution in [0.15, 0.2) is 72.1 Å². The second kappa shape index (κ2) is 9.26. The number of carbonyl (C=O) groups excluding carboxylic acids is 1. The molecule has 168 valence electrons. The van der Waals surface area contributed by atoms with E-state index in [2.05, 4.69) is 24.1 Å². The van der Waals surface area contributed by atoms with Crippen LogP contribution in [0.1, 0.15) is 36.2 Å². The van der Waals surface area contributed by atoms with Crippen molar-refractivity contribution < 1.29 is 13.2 Å². The van der Waals surface area contributed by atoms with Crippen molar-refractivity contribution in [3.63, 3.8) is 0 Å². The molecular formula is C24H28N4O3S. The molecule has 0 aliphatic carbocycles. The molecule has 2 unspecified atom stereocenters. The van der Waals surface area contributed by atoms with E-state index in [9.17, 15) is 13.2 Å². The minimum Gasteiger partial charge on any atom is -0.333 e. The lowest BCUT2D eigenvalue weighted by atomic mass is 9.94. The van der Waals surface area contributed by atoms with Gasteiger partial charge in [-0.1, -0.05) is 32.0 Å². The molecule has 1 fully saturated rings. The van der Waals surface area contributed by atoms with E-state index in [1.807, 2.05) is 35.0 Å². The molecule has 1 saturated heterocycles. The zero-order chi connectivity index (χ0) is 22.7. The Kier molecular flexibility index (Phi) is 6.43. The van der Waals surface area contributed by atoms with Crippen molar-refractivity contribution in [3.8, 4) is 0 Å². The lowest BCUT2D eigenvalue weighted by Gasteiger charge is -2.34. The average molecular weight is 453 g/mol. The highest BCUT2D eigenvalue weighted by Gasteiger charge is 2.32. The van der Waals surface area contributed by atoms with Crippen LogP contribution in [-0.4, -0.2) is 41.3 Å². The number of carbonyl (C=O) groups is 1.